The van der Waals surface area contributed by atoms with Gasteiger partial charge < -0.3 is 14.6 Å². The van der Waals surface area contributed by atoms with Crippen molar-refractivity contribution in [2.45, 2.75) is 80.3 Å². The number of terminal acetylenes is 1. The Morgan fingerprint density at radius 3 is 2.23 bits per heavy atom. The summed E-state index contributed by atoms with van der Waals surface area (Å²) in [4.78, 5) is 30.7. The van der Waals surface area contributed by atoms with Crippen LogP contribution >= 0.6 is 0 Å². The van der Waals surface area contributed by atoms with E-state index < -0.39 is 23.0 Å². The highest BCUT2D eigenvalue weighted by Crippen LogP contribution is 2.23. The lowest BCUT2D eigenvalue weighted by molar-refractivity contribution is -0.143. The van der Waals surface area contributed by atoms with Crippen molar-refractivity contribution in [1.82, 2.24) is 18.8 Å². The molecule has 242 valence electrons. The van der Waals surface area contributed by atoms with Gasteiger partial charge in [-0.05, 0) is 79.0 Å². The van der Waals surface area contributed by atoms with Crippen LogP contribution in [0.3, 0.4) is 0 Å². The number of carboxylic acid groups (broad SMARTS) is 1. The van der Waals surface area contributed by atoms with E-state index in [4.69, 9.17) is 6.42 Å². The molecule has 9 heteroatoms. The number of allylic oxidation sites excluding steroid dienone is 6. The maximum absolute atomic E-state index is 13.0. The number of fused-ring (bicyclic) bond motifs is 1. The summed E-state index contributed by atoms with van der Waals surface area (Å²) in [6, 6.07) is 4.49. The van der Waals surface area contributed by atoms with Crippen LogP contribution in [0.5, 0.6) is 0 Å². The molecule has 1 aromatic heterocycles. The molecule has 1 saturated heterocycles. The van der Waals surface area contributed by atoms with Crippen molar-refractivity contribution in [3.8, 4) is 12.3 Å². The van der Waals surface area contributed by atoms with E-state index in [-0.39, 0.29) is 11.8 Å². The maximum atomic E-state index is 13.0. The summed E-state index contributed by atoms with van der Waals surface area (Å²) in [6.07, 6.45) is 18.6. The summed E-state index contributed by atoms with van der Waals surface area (Å²) >= 11 is 0. The van der Waals surface area contributed by atoms with Crippen LogP contribution in [0.15, 0.2) is 66.6 Å². The first-order valence-corrected chi connectivity index (χ1v) is 16.2. The van der Waals surface area contributed by atoms with E-state index in [1.807, 2.05) is 90.5 Å². The number of carboxylic acids is 1. The molecule has 1 amide bonds. The number of piperidine rings is 1. The Bertz CT molecular complexity index is 1320. The quantitative estimate of drug-likeness (QED) is 0.246. The van der Waals surface area contributed by atoms with Gasteiger partial charge in [-0.3, -0.25) is 4.79 Å². The second kappa shape index (κ2) is 22.8. The van der Waals surface area contributed by atoms with E-state index >= 15 is 0 Å². The summed E-state index contributed by atoms with van der Waals surface area (Å²) in [5.41, 5.74) is 1.96. The molecule has 0 aliphatic carbocycles. The lowest BCUT2D eigenvalue weighted by Crippen LogP contribution is -2.47. The normalized spacial score (nSPS) is 15.9. The number of carbonyl (C=O) groups excluding carboxylic acids is 1. The third kappa shape index (κ3) is 13.3. The van der Waals surface area contributed by atoms with Crippen molar-refractivity contribution in [3.63, 3.8) is 0 Å². The molecule has 1 fully saturated rings. The highest BCUT2D eigenvalue weighted by Gasteiger charge is 2.32. The molecule has 1 aliphatic heterocycles. The van der Waals surface area contributed by atoms with Crippen LogP contribution < -0.4 is 0 Å². The summed E-state index contributed by atoms with van der Waals surface area (Å²) in [6.45, 7) is 18.7. The Balaban J connectivity index is 0.00000110. The van der Waals surface area contributed by atoms with Gasteiger partial charge in [-0.15, -0.1) is 13.0 Å². The molecule has 44 heavy (non-hydrogen) atoms. The summed E-state index contributed by atoms with van der Waals surface area (Å²) < 4.78 is 16.1. The Morgan fingerprint density at radius 1 is 1.16 bits per heavy atom. The van der Waals surface area contributed by atoms with Gasteiger partial charge in [0, 0.05) is 37.0 Å². The first-order chi connectivity index (χ1) is 21.0. The van der Waals surface area contributed by atoms with Gasteiger partial charge in [0.15, 0.2) is 0 Å². The monoisotopic (exact) mass is 624 g/mol. The van der Waals surface area contributed by atoms with Crippen LogP contribution in [-0.4, -0.2) is 59.1 Å². The molecule has 3 rings (SSSR count). The number of carbonyl (C=O) groups is 2. The molecule has 0 saturated carbocycles. The number of likely N-dealkylation sites (tertiary alicyclic amines) is 1. The number of nitrogens with zero attached hydrogens (tertiary/aromatic N) is 4. The van der Waals surface area contributed by atoms with E-state index in [9.17, 15) is 18.9 Å². The minimum absolute atomic E-state index is 0.227. The first-order valence-electron chi connectivity index (χ1n) is 15.0. The third-order valence-electron chi connectivity index (χ3n) is 6.73. The smallest absolute Gasteiger partial charge is 0.326 e. The van der Waals surface area contributed by atoms with E-state index in [0.29, 0.717) is 37.1 Å². The Hall–Kier alpha value is -3.74. The molecule has 2 heterocycles. The molecule has 8 nitrogen and oxygen atoms in total. The number of imidazole rings is 1. The summed E-state index contributed by atoms with van der Waals surface area (Å²) in [5, 5.41) is 11.1. The lowest BCUT2D eigenvalue weighted by Gasteiger charge is -2.33. The fourth-order valence-electron chi connectivity index (χ4n) is 3.85. The van der Waals surface area contributed by atoms with Crippen LogP contribution in [0.25, 0.3) is 11.0 Å². The highest BCUT2D eigenvalue weighted by atomic mass is 32.2. The largest absolute Gasteiger partial charge is 0.480 e. The fourth-order valence-corrected chi connectivity index (χ4v) is 4.75. The van der Waals surface area contributed by atoms with Crippen molar-refractivity contribution in [2.75, 3.05) is 13.1 Å². The number of hydrogen-bond donors (Lipinski definition) is 1. The predicted molar refractivity (Wildman–Crippen MR) is 185 cm³/mol. The third-order valence-corrected chi connectivity index (χ3v) is 8.13. The van der Waals surface area contributed by atoms with Crippen molar-refractivity contribution in [2.24, 2.45) is 13.0 Å². The van der Waals surface area contributed by atoms with Gasteiger partial charge in [-0.1, -0.05) is 49.3 Å². The number of amides is 1. The standard InChI is InChI=1S/C21H28N4O4S.C6H8.2C4H8/c1-4-12-30(29)24(5-2)14-19-22-16-13-15(9-10-17(16)23(19)3)20(26)25-11-7-6-8-18(25)21(27)28;1-4-6(3)5-2;2*1-3-4-2/h4,9-10,12-13,18H,5-8,11,14H2,1-3H3,(H,27,28);1,5-6H,2H2,3H3;2*3-4H,1-2H3/b12-4+;;2*4-3-. The van der Waals surface area contributed by atoms with Gasteiger partial charge in [0.05, 0.1) is 17.6 Å². The van der Waals surface area contributed by atoms with E-state index in [1.54, 1.807) is 34.0 Å². The van der Waals surface area contributed by atoms with Crippen LogP contribution in [-0.2, 0) is 29.4 Å². The molecule has 1 aromatic carbocycles. The number of aliphatic carboxylic acids is 1. The van der Waals surface area contributed by atoms with Gasteiger partial charge in [0.1, 0.15) is 22.9 Å². The Labute approximate surface area is 267 Å². The van der Waals surface area contributed by atoms with Gasteiger partial charge in [-0.25, -0.2) is 18.3 Å². The maximum Gasteiger partial charge on any atom is 0.326 e. The van der Waals surface area contributed by atoms with Gasteiger partial charge in [0.2, 0.25) is 0 Å². The van der Waals surface area contributed by atoms with Crippen molar-refractivity contribution in [1.29, 1.82) is 0 Å². The average Bonchev–Trinajstić information content (AvgIpc) is 3.36. The fraction of sp³-hybridized carbons (Fsp3) is 0.457. The molecule has 0 bridgehead atoms. The van der Waals surface area contributed by atoms with Gasteiger partial charge >= 0.3 is 5.97 Å². The second-order valence-electron chi connectivity index (χ2n) is 9.87. The van der Waals surface area contributed by atoms with E-state index in [0.717, 1.165) is 24.2 Å². The first kappa shape index (κ1) is 40.3. The zero-order valence-electron chi connectivity index (χ0n) is 27.8. The number of rotatable bonds is 8. The number of benzene rings is 1. The summed E-state index contributed by atoms with van der Waals surface area (Å²) in [7, 11) is 0.664. The minimum atomic E-state index is -1.23. The molecule has 0 radical (unpaired) electrons. The molecule has 0 spiro atoms. The van der Waals surface area contributed by atoms with E-state index in [1.165, 1.54) is 4.90 Å². The van der Waals surface area contributed by atoms with Crippen LogP contribution in [0.1, 0.15) is 83.9 Å². The minimum Gasteiger partial charge on any atom is -0.480 e. The lowest BCUT2D eigenvalue weighted by atomic mass is 10.0. The summed E-state index contributed by atoms with van der Waals surface area (Å²) in [5.74, 6) is 2.23. The van der Waals surface area contributed by atoms with Gasteiger partial charge in [-0.2, -0.15) is 0 Å². The average molecular weight is 625 g/mol. The number of aromatic nitrogens is 2. The molecule has 3 atom stereocenters. The second-order valence-corrected chi connectivity index (χ2v) is 11.2. The topological polar surface area (TPSA) is 95.7 Å². The number of aryl methyl sites for hydroxylation is 1. The van der Waals surface area contributed by atoms with Crippen LogP contribution in [0.4, 0.5) is 0 Å². The number of hydrogen-bond acceptors (Lipinski definition) is 4. The highest BCUT2D eigenvalue weighted by molar-refractivity contribution is 7.85. The molecule has 1 aliphatic rings. The molecule has 1 N–H and O–H groups in total. The molecular weight excluding hydrogens is 572 g/mol. The molecule has 3 unspecified atom stereocenters. The SMILES string of the molecule is C#CC(C)C=C.C/C=C/S(=O)N(CC)Cc1nc2cc(C(=O)N3CCCCC3C(=O)O)ccc2n1C.C/C=C\C.C/C=C\C. The van der Waals surface area contributed by atoms with Crippen LogP contribution in [0.2, 0.25) is 0 Å². The van der Waals surface area contributed by atoms with E-state index in [2.05, 4.69) is 17.5 Å². The zero-order valence-corrected chi connectivity index (χ0v) is 28.6. The van der Waals surface area contributed by atoms with Crippen molar-refractivity contribution >= 4 is 33.9 Å². The molecular formula is C35H52N4O4S. The predicted octanol–water partition coefficient (Wildman–Crippen LogP) is 7.28. The van der Waals surface area contributed by atoms with Crippen molar-refractivity contribution in [3.05, 3.63) is 78.0 Å². The van der Waals surface area contributed by atoms with Crippen molar-refractivity contribution < 1.29 is 18.9 Å². The zero-order chi connectivity index (χ0) is 33.7. The van der Waals surface area contributed by atoms with Crippen LogP contribution in [0, 0.1) is 18.3 Å². The Kier molecular flexibility index (Phi) is 20.8. The molecule has 2 aromatic rings. The van der Waals surface area contributed by atoms with Gasteiger partial charge in [0.25, 0.3) is 5.91 Å². The Morgan fingerprint density at radius 2 is 1.77 bits per heavy atom.